The number of ether oxygens (including phenoxy) is 1. The van der Waals surface area contributed by atoms with Gasteiger partial charge in [-0.05, 0) is 13.3 Å². The third kappa shape index (κ3) is 4.31. The number of rotatable bonds is 8. The van der Waals surface area contributed by atoms with Gasteiger partial charge >= 0.3 is 5.69 Å². The van der Waals surface area contributed by atoms with Crippen LogP contribution in [0.15, 0.2) is 12.3 Å². The van der Waals surface area contributed by atoms with Gasteiger partial charge < -0.3 is 14.7 Å². The van der Waals surface area contributed by atoms with Gasteiger partial charge in [-0.3, -0.25) is 10.1 Å². The smallest absolute Gasteiger partial charge is 0.314 e. The van der Waals surface area contributed by atoms with Gasteiger partial charge in [0, 0.05) is 35.9 Å². The molecule has 2 aromatic heterocycles. The lowest BCUT2D eigenvalue weighted by Crippen LogP contribution is -2.26. The van der Waals surface area contributed by atoms with Crippen LogP contribution in [-0.2, 0) is 6.54 Å². The monoisotopic (exact) mass is 372 g/mol. The van der Waals surface area contributed by atoms with Crippen LogP contribution in [0.3, 0.4) is 0 Å². The van der Waals surface area contributed by atoms with E-state index in [1.165, 1.54) is 24.5 Å². The minimum absolute atomic E-state index is 0.0311. The highest BCUT2D eigenvalue weighted by molar-refractivity contribution is 7.15. The summed E-state index contributed by atoms with van der Waals surface area (Å²) in [6.07, 6.45) is 2.07. The highest BCUT2D eigenvalue weighted by atomic mass is 35.5. The third-order valence-electron chi connectivity index (χ3n) is 3.29. The molecule has 2 aromatic rings. The number of aryl methyl sites for hydroxylation is 1. The molecule has 0 fully saturated rings. The minimum Gasteiger partial charge on any atom is -0.481 e. The molecule has 0 aliphatic carbocycles. The number of methoxy groups -OCH3 is 1. The van der Waals surface area contributed by atoms with Crippen molar-refractivity contribution in [1.82, 2.24) is 9.97 Å². The molecule has 24 heavy (non-hydrogen) atoms. The molecule has 2 heterocycles. The van der Waals surface area contributed by atoms with Crippen molar-refractivity contribution in [2.24, 2.45) is 0 Å². The Bertz CT molecular complexity index is 725. The number of anilines is 1. The van der Waals surface area contributed by atoms with E-state index in [1.807, 2.05) is 0 Å². The van der Waals surface area contributed by atoms with Crippen LogP contribution in [0, 0.1) is 17.0 Å². The van der Waals surface area contributed by atoms with Crippen molar-refractivity contribution in [1.29, 1.82) is 0 Å². The maximum Gasteiger partial charge on any atom is 0.314 e. The van der Waals surface area contributed by atoms with E-state index in [4.69, 9.17) is 21.4 Å². The molecule has 0 saturated heterocycles. The number of hydrogen-bond acceptors (Lipinski definition) is 8. The van der Waals surface area contributed by atoms with E-state index >= 15 is 0 Å². The molecule has 0 unspecified atom stereocenters. The molecule has 130 valence electrons. The number of nitrogens with zero attached hydrogens (tertiary/aromatic N) is 4. The third-order valence-corrected chi connectivity index (χ3v) is 4.39. The second-order valence-corrected chi connectivity index (χ2v) is 6.69. The lowest BCUT2D eigenvalue weighted by atomic mass is 10.2. The van der Waals surface area contributed by atoms with Crippen LogP contribution in [0.2, 0.25) is 4.47 Å². The lowest BCUT2D eigenvalue weighted by Gasteiger charge is -2.23. The number of hydrogen-bond donors (Lipinski definition) is 1. The zero-order valence-electron chi connectivity index (χ0n) is 13.2. The van der Waals surface area contributed by atoms with E-state index in [0.29, 0.717) is 35.4 Å². The van der Waals surface area contributed by atoms with Crippen molar-refractivity contribution in [2.75, 3.05) is 25.2 Å². The van der Waals surface area contributed by atoms with Gasteiger partial charge in [-0.25, -0.2) is 4.98 Å². The molecule has 0 aromatic carbocycles. The van der Waals surface area contributed by atoms with Crippen LogP contribution in [0.25, 0.3) is 0 Å². The van der Waals surface area contributed by atoms with Crippen molar-refractivity contribution in [3.05, 3.63) is 37.3 Å². The topological polar surface area (TPSA) is 102 Å². The summed E-state index contributed by atoms with van der Waals surface area (Å²) in [7, 11) is 1.46. The van der Waals surface area contributed by atoms with Crippen molar-refractivity contribution < 1.29 is 14.8 Å². The van der Waals surface area contributed by atoms with E-state index in [-0.39, 0.29) is 18.1 Å². The summed E-state index contributed by atoms with van der Waals surface area (Å²) in [5.41, 5.74) is 0.377. The number of aliphatic hydroxyl groups is 1. The first kappa shape index (κ1) is 18.4. The summed E-state index contributed by atoms with van der Waals surface area (Å²) < 4.78 is 5.54. The zero-order chi connectivity index (χ0) is 17.7. The maximum absolute atomic E-state index is 11.5. The molecule has 8 nitrogen and oxygen atoms in total. The molecule has 0 spiro atoms. The van der Waals surface area contributed by atoms with Gasteiger partial charge in [0.2, 0.25) is 11.7 Å². The Balaban J connectivity index is 2.46. The van der Waals surface area contributed by atoms with Crippen molar-refractivity contribution >= 4 is 34.4 Å². The second kappa shape index (κ2) is 8.22. The maximum atomic E-state index is 11.5. The lowest BCUT2D eigenvalue weighted by molar-refractivity contribution is -0.384. The molecule has 0 bridgehead atoms. The predicted molar refractivity (Wildman–Crippen MR) is 92.1 cm³/mol. The Morgan fingerprint density at radius 1 is 1.54 bits per heavy atom. The molecule has 0 amide bonds. The summed E-state index contributed by atoms with van der Waals surface area (Å²) in [5.74, 6) is 0.499. The van der Waals surface area contributed by atoms with E-state index in [1.54, 1.807) is 18.0 Å². The van der Waals surface area contributed by atoms with E-state index < -0.39 is 4.92 Å². The molecule has 0 aliphatic heterocycles. The molecule has 10 heteroatoms. The van der Waals surface area contributed by atoms with Gasteiger partial charge in [-0.2, -0.15) is 4.98 Å². The van der Waals surface area contributed by atoms with Crippen LogP contribution in [-0.4, -0.2) is 40.3 Å². The van der Waals surface area contributed by atoms with Gasteiger partial charge in [-0.15, -0.1) is 11.3 Å². The van der Waals surface area contributed by atoms with Gasteiger partial charge in [0.1, 0.15) is 0 Å². The first-order valence-electron chi connectivity index (χ1n) is 7.12. The number of nitro groups is 1. The Labute approximate surface area is 147 Å². The molecule has 0 saturated carbocycles. The van der Waals surface area contributed by atoms with Crippen molar-refractivity contribution in [3.8, 4) is 5.88 Å². The Morgan fingerprint density at radius 2 is 2.29 bits per heavy atom. The quantitative estimate of drug-likeness (QED) is 0.561. The molecule has 0 aliphatic rings. The number of thiazole rings is 1. The van der Waals surface area contributed by atoms with Crippen LogP contribution >= 0.6 is 22.9 Å². The summed E-state index contributed by atoms with van der Waals surface area (Å²) in [4.78, 5) is 21.9. The van der Waals surface area contributed by atoms with Crippen LogP contribution in [0.4, 0.5) is 11.5 Å². The zero-order valence-corrected chi connectivity index (χ0v) is 14.8. The summed E-state index contributed by atoms with van der Waals surface area (Å²) in [6, 6.07) is 1.52. The standard InChI is InChI=1S/C14H17ClN4O4S/c1-9-6-11(23-2)17-13(12(9)19(21)22)18(4-3-5-20)8-10-7-16-14(15)24-10/h6-7,20H,3-5,8H2,1-2H3. The fourth-order valence-corrected chi connectivity index (χ4v) is 3.23. The van der Waals surface area contributed by atoms with Crippen LogP contribution in [0.1, 0.15) is 16.9 Å². The Kier molecular flexibility index (Phi) is 6.29. The highest BCUT2D eigenvalue weighted by Gasteiger charge is 2.26. The number of aromatic nitrogens is 2. The highest BCUT2D eigenvalue weighted by Crippen LogP contribution is 2.34. The molecular formula is C14H17ClN4O4S. The largest absolute Gasteiger partial charge is 0.481 e. The van der Waals surface area contributed by atoms with E-state index in [0.717, 1.165) is 4.88 Å². The van der Waals surface area contributed by atoms with E-state index in [9.17, 15) is 10.1 Å². The van der Waals surface area contributed by atoms with Gasteiger partial charge in [0.15, 0.2) is 4.47 Å². The average Bonchev–Trinajstić information content (AvgIpc) is 2.95. The first-order valence-corrected chi connectivity index (χ1v) is 8.31. The number of pyridine rings is 1. The van der Waals surface area contributed by atoms with Crippen molar-refractivity contribution in [3.63, 3.8) is 0 Å². The fourth-order valence-electron chi connectivity index (χ4n) is 2.24. The molecule has 2 rings (SSSR count). The number of aliphatic hydroxyl groups excluding tert-OH is 1. The summed E-state index contributed by atoms with van der Waals surface area (Å²) in [5, 5.41) is 20.6. The summed E-state index contributed by atoms with van der Waals surface area (Å²) >= 11 is 7.15. The van der Waals surface area contributed by atoms with Crippen molar-refractivity contribution in [2.45, 2.75) is 19.9 Å². The minimum atomic E-state index is -0.456. The second-order valence-electron chi connectivity index (χ2n) is 4.99. The van der Waals surface area contributed by atoms with Crippen LogP contribution < -0.4 is 9.64 Å². The summed E-state index contributed by atoms with van der Waals surface area (Å²) in [6.45, 7) is 2.35. The Morgan fingerprint density at radius 3 is 2.83 bits per heavy atom. The fraction of sp³-hybridized carbons (Fsp3) is 0.429. The number of halogens is 1. The Hall–Kier alpha value is -1.97. The van der Waals surface area contributed by atoms with E-state index in [2.05, 4.69) is 9.97 Å². The molecule has 1 N–H and O–H groups in total. The first-order chi connectivity index (χ1) is 11.5. The normalized spacial score (nSPS) is 10.7. The van der Waals surface area contributed by atoms with Crippen LogP contribution in [0.5, 0.6) is 5.88 Å². The molecular weight excluding hydrogens is 356 g/mol. The van der Waals surface area contributed by atoms with Gasteiger partial charge in [0.25, 0.3) is 0 Å². The van der Waals surface area contributed by atoms with Gasteiger partial charge in [0.05, 0.1) is 18.6 Å². The average molecular weight is 373 g/mol. The molecule has 0 atom stereocenters. The molecule has 0 radical (unpaired) electrons. The SMILES string of the molecule is COc1cc(C)c([N+](=O)[O-])c(N(CCCO)Cc2cnc(Cl)s2)n1. The van der Waals surface area contributed by atoms with Gasteiger partial charge in [-0.1, -0.05) is 11.6 Å². The predicted octanol–water partition coefficient (Wildman–Crippen LogP) is 2.81.